The second-order valence-electron chi connectivity index (χ2n) is 4.36. The number of hydrogen-bond acceptors (Lipinski definition) is 4. The van der Waals surface area contributed by atoms with Crippen molar-refractivity contribution < 1.29 is 9.47 Å². The third-order valence-corrected chi connectivity index (χ3v) is 3.03. The summed E-state index contributed by atoms with van der Waals surface area (Å²) in [6, 6.07) is 7.59. The summed E-state index contributed by atoms with van der Waals surface area (Å²) in [6.07, 6.45) is 4.61. The van der Waals surface area contributed by atoms with Crippen LogP contribution in [0.15, 0.2) is 30.6 Å². The third kappa shape index (κ3) is 3.16. The quantitative estimate of drug-likeness (QED) is 0.757. The maximum absolute atomic E-state index is 9.19. The minimum absolute atomic E-state index is 0.613. The first-order valence-corrected chi connectivity index (χ1v) is 6.38. The van der Waals surface area contributed by atoms with Crippen molar-refractivity contribution >= 4 is 0 Å². The summed E-state index contributed by atoms with van der Waals surface area (Å²) in [5.74, 6) is 0.728. The van der Waals surface area contributed by atoms with Crippen molar-refractivity contribution in [3.63, 3.8) is 0 Å². The van der Waals surface area contributed by atoms with Gasteiger partial charge in [-0.1, -0.05) is 0 Å². The smallest absolute Gasteiger partial charge is 0.119 e. The predicted molar refractivity (Wildman–Crippen MR) is 75.4 cm³/mol. The Morgan fingerprint density at radius 2 is 2.20 bits per heavy atom. The highest BCUT2D eigenvalue weighted by Crippen LogP contribution is 2.27. The fourth-order valence-electron chi connectivity index (χ4n) is 1.98. The molecule has 0 aliphatic heterocycles. The molecule has 0 unspecified atom stereocenters. The van der Waals surface area contributed by atoms with Gasteiger partial charge in [-0.05, 0) is 24.6 Å². The topological polar surface area (TPSA) is 60.1 Å². The monoisotopic (exact) mass is 271 g/mol. The number of ether oxygens (including phenoxy) is 2. The molecule has 1 aromatic heterocycles. The Morgan fingerprint density at radius 1 is 1.35 bits per heavy atom. The van der Waals surface area contributed by atoms with Gasteiger partial charge >= 0.3 is 0 Å². The van der Waals surface area contributed by atoms with Crippen LogP contribution in [0.4, 0.5) is 0 Å². The Kier molecular flexibility index (Phi) is 4.75. The van der Waals surface area contributed by atoms with Crippen LogP contribution < -0.4 is 4.74 Å². The van der Waals surface area contributed by atoms with E-state index in [1.54, 1.807) is 32.5 Å². The number of aryl methyl sites for hydroxylation is 1. The highest BCUT2D eigenvalue weighted by atomic mass is 16.5. The number of nitrogens with zero attached hydrogens (tertiary/aromatic N) is 3. The summed E-state index contributed by atoms with van der Waals surface area (Å²) >= 11 is 0. The molecule has 104 valence electrons. The maximum atomic E-state index is 9.19. The van der Waals surface area contributed by atoms with E-state index in [9.17, 15) is 5.26 Å². The Hall–Kier alpha value is -2.32. The van der Waals surface area contributed by atoms with Gasteiger partial charge in [-0.2, -0.15) is 10.4 Å². The summed E-state index contributed by atoms with van der Waals surface area (Å²) in [5.41, 5.74) is 2.37. The number of aromatic nitrogens is 2. The van der Waals surface area contributed by atoms with Crippen LogP contribution in [0.25, 0.3) is 11.1 Å². The highest BCUT2D eigenvalue weighted by Gasteiger charge is 2.09. The van der Waals surface area contributed by atoms with E-state index in [1.807, 2.05) is 16.9 Å². The molecule has 5 heteroatoms. The second kappa shape index (κ2) is 6.73. The minimum Gasteiger partial charge on any atom is -0.497 e. The SMILES string of the molecule is COCCCn1cc(-c2cc(OC)ccc2C#N)cn1. The molecular formula is C15H17N3O2. The standard InChI is InChI=1S/C15H17N3O2/c1-19-7-3-6-18-11-13(10-17-18)15-8-14(20-2)5-4-12(15)9-16/h4-5,8,10-11H,3,6-7H2,1-2H3. The van der Waals surface area contributed by atoms with Gasteiger partial charge < -0.3 is 9.47 Å². The summed E-state index contributed by atoms with van der Waals surface area (Å²) in [5, 5.41) is 13.5. The fourth-order valence-corrected chi connectivity index (χ4v) is 1.98. The van der Waals surface area contributed by atoms with Crippen molar-refractivity contribution in [3.8, 4) is 22.9 Å². The number of nitriles is 1. The summed E-state index contributed by atoms with van der Waals surface area (Å²) in [6.45, 7) is 1.50. The summed E-state index contributed by atoms with van der Waals surface area (Å²) in [4.78, 5) is 0. The first-order valence-electron chi connectivity index (χ1n) is 6.38. The van der Waals surface area contributed by atoms with Gasteiger partial charge in [-0.25, -0.2) is 0 Å². The lowest BCUT2D eigenvalue weighted by Crippen LogP contribution is -2.01. The molecule has 0 saturated carbocycles. The molecule has 5 nitrogen and oxygen atoms in total. The minimum atomic E-state index is 0.613. The van der Waals surface area contributed by atoms with Crippen molar-refractivity contribution in [2.75, 3.05) is 20.8 Å². The third-order valence-electron chi connectivity index (χ3n) is 3.03. The first kappa shape index (κ1) is 14.1. The van der Waals surface area contributed by atoms with Crippen LogP contribution in [0.2, 0.25) is 0 Å². The maximum Gasteiger partial charge on any atom is 0.119 e. The molecule has 2 aromatic rings. The van der Waals surface area contributed by atoms with Crippen LogP contribution in [0.1, 0.15) is 12.0 Å². The van der Waals surface area contributed by atoms with Gasteiger partial charge in [0.05, 0.1) is 24.9 Å². The molecule has 1 heterocycles. The van der Waals surface area contributed by atoms with E-state index in [4.69, 9.17) is 9.47 Å². The lowest BCUT2D eigenvalue weighted by atomic mass is 10.0. The van der Waals surface area contributed by atoms with E-state index >= 15 is 0 Å². The fraction of sp³-hybridized carbons (Fsp3) is 0.333. The Labute approximate surface area is 118 Å². The van der Waals surface area contributed by atoms with Crippen LogP contribution in [-0.4, -0.2) is 30.6 Å². The molecule has 0 aliphatic carbocycles. The van der Waals surface area contributed by atoms with Gasteiger partial charge in [-0.15, -0.1) is 0 Å². The second-order valence-corrected chi connectivity index (χ2v) is 4.36. The molecule has 0 fully saturated rings. The largest absolute Gasteiger partial charge is 0.497 e. The number of rotatable bonds is 6. The molecule has 0 saturated heterocycles. The van der Waals surface area contributed by atoms with Gasteiger partial charge in [0.2, 0.25) is 0 Å². The number of benzene rings is 1. The first-order chi connectivity index (χ1) is 9.78. The molecule has 0 bridgehead atoms. The molecule has 0 aliphatic rings. The van der Waals surface area contributed by atoms with Gasteiger partial charge in [-0.3, -0.25) is 4.68 Å². The van der Waals surface area contributed by atoms with Crippen molar-refractivity contribution in [1.29, 1.82) is 5.26 Å². The van der Waals surface area contributed by atoms with Crippen LogP contribution in [0.3, 0.4) is 0 Å². The van der Waals surface area contributed by atoms with Crippen molar-refractivity contribution in [2.24, 2.45) is 0 Å². The van der Waals surface area contributed by atoms with E-state index in [-0.39, 0.29) is 0 Å². The summed E-state index contributed by atoms with van der Waals surface area (Å²) in [7, 11) is 3.29. The average Bonchev–Trinajstić information content (AvgIpc) is 2.95. The van der Waals surface area contributed by atoms with Gasteiger partial charge in [0.1, 0.15) is 5.75 Å². The van der Waals surface area contributed by atoms with Crippen molar-refractivity contribution in [1.82, 2.24) is 9.78 Å². The van der Waals surface area contributed by atoms with Crippen LogP contribution >= 0.6 is 0 Å². The van der Waals surface area contributed by atoms with Crippen LogP contribution in [0.5, 0.6) is 5.75 Å². The lowest BCUT2D eigenvalue weighted by Gasteiger charge is -2.05. The molecule has 0 spiro atoms. The zero-order valence-corrected chi connectivity index (χ0v) is 11.7. The molecule has 0 N–H and O–H groups in total. The molecule has 0 amide bonds. The lowest BCUT2D eigenvalue weighted by molar-refractivity contribution is 0.189. The van der Waals surface area contributed by atoms with Crippen molar-refractivity contribution in [3.05, 3.63) is 36.2 Å². The average molecular weight is 271 g/mol. The molecule has 2 rings (SSSR count). The van der Waals surface area contributed by atoms with Gasteiger partial charge in [0.25, 0.3) is 0 Å². The Balaban J connectivity index is 2.25. The van der Waals surface area contributed by atoms with Crippen LogP contribution in [-0.2, 0) is 11.3 Å². The molecule has 20 heavy (non-hydrogen) atoms. The van der Waals surface area contributed by atoms with Crippen LogP contribution in [0, 0.1) is 11.3 Å². The number of hydrogen-bond donors (Lipinski definition) is 0. The summed E-state index contributed by atoms with van der Waals surface area (Å²) < 4.78 is 12.1. The zero-order chi connectivity index (χ0) is 14.4. The predicted octanol–water partition coefficient (Wildman–Crippen LogP) is 2.47. The van der Waals surface area contributed by atoms with Gasteiger partial charge in [0.15, 0.2) is 0 Å². The molecule has 1 aromatic carbocycles. The van der Waals surface area contributed by atoms with Crippen molar-refractivity contribution in [2.45, 2.75) is 13.0 Å². The Morgan fingerprint density at radius 3 is 2.90 bits per heavy atom. The van der Waals surface area contributed by atoms with E-state index in [2.05, 4.69) is 11.2 Å². The molecule has 0 radical (unpaired) electrons. The van der Waals surface area contributed by atoms with E-state index in [0.717, 1.165) is 29.8 Å². The Bertz CT molecular complexity index is 614. The van der Waals surface area contributed by atoms with E-state index in [1.165, 1.54) is 0 Å². The molecular weight excluding hydrogens is 254 g/mol. The molecule has 0 atom stereocenters. The van der Waals surface area contributed by atoms with E-state index in [0.29, 0.717) is 12.2 Å². The highest BCUT2D eigenvalue weighted by molar-refractivity contribution is 5.71. The van der Waals surface area contributed by atoms with Gasteiger partial charge in [0, 0.05) is 37.6 Å². The number of methoxy groups -OCH3 is 2. The zero-order valence-electron chi connectivity index (χ0n) is 11.7. The normalized spacial score (nSPS) is 10.2. The van der Waals surface area contributed by atoms with E-state index < -0.39 is 0 Å².